The maximum atomic E-state index is 14.5. The summed E-state index contributed by atoms with van der Waals surface area (Å²) in [6, 6.07) is -1.24. The van der Waals surface area contributed by atoms with E-state index in [4.69, 9.17) is 23.7 Å². The van der Waals surface area contributed by atoms with Gasteiger partial charge < -0.3 is 38.8 Å². The van der Waals surface area contributed by atoms with Crippen molar-refractivity contribution in [3.05, 3.63) is 53.9 Å². The Hall–Kier alpha value is -4.26. The molecular formula is C52H79N5O12. The third-order valence-corrected chi connectivity index (χ3v) is 15.1. The van der Waals surface area contributed by atoms with Crippen molar-refractivity contribution in [1.29, 1.82) is 0 Å². The molecule has 3 fully saturated rings. The first kappa shape index (κ1) is 55.7. The van der Waals surface area contributed by atoms with E-state index in [0.717, 1.165) is 18.4 Å². The predicted molar refractivity (Wildman–Crippen MR) is 256 cm³/mol. The van der Waals surface area contributed by atoms with Crippen molar-refractivity contribution < 1.29 is 57.9 Å². The van der Waals surface area contributed by atoms with Crippen LogP contribution in [0.3, 0.4) is 0 Å². The second kappa shape index (κ2) is 25.7. The maximum Gasteiger partial charge on any atom is 0.329 e. The molecule has 384 valence electrons. The van der Waals surface area contributed by atoms with Crippen LogP contribution >= 0.6 is 0 Å². The molecule has 9 unspecified atom stereocenters. The molecule has 0 radical (unpaired) electrons. The summed E-state index contributed by atoms with van der Waals surface area (Å²) in [5.74, 6) is -7.94. The number of esters is 1. The number of methoxy groups -OCH3 is 3. The van der Waals surface area contributed by atoms with Gasteiger partial charge in [0.2, 0.25) is 5.79 Å². The Kier molecular flexibility index (Phi) is 20.8. The van der Waals surface area contributed by atoms with E-state index in [1.165, 1.54) is 18.3 Å². The van der Waals surface area contributed by atoms with Gasteiger partial charge in [-0.15, -0.1) is 10.2 Å². The number of aromatic nitrogens is 4. The quantitative estimate of drug-likeness (QED) is 0.181. The third kappa shape index (κ3) is 14.2. The lowest BCUT2D eigenvalue weighted by molar-refractivity contribution is -0.265. The largest absolute Gasteiger partial charge is 0.460 e. The van der Waals surface area contributed by atoms with Gasteiger partial charge >= 0.3 is 5.97 Å². The number of allylic oxidation sites excluding steroid dienone is 6. The second-order valence-electron chi connectivity index (χ2n) is 20.3. The zero-order chi connectivity index (χ0) is 50.6. The number of ketones is 3. The molecule has 15 atom stereocenters. The number of tetrazole rings is 1. The molecule has 2 N–H and O–H groups in total. The van der Waals surface area contributed by atoms with Crippen LogP contribution in [0, 0.1) is 35.5 Å². The number of piperidine rings is 1. The molecule has 1 aromatic rings. The van der Waals surface area contributed by atoms with Crippen molar-refractivity contribution in [3.63, 3.8) is 0 Å². The normalized spacial score (nSPS) is 38.8. The molecule has 0 aromatic carbocycles. The van der Waals surface area contributed by atoms with Gasteiger partial charge in [0.1, 0.15) is 30.1 Å². The number of carbonyl (C=O) groups is 5. The summed E-state index contributed by atoms with van der Waals surface area (Å²) in [4.78, 5) is 73.9. The van der Waals surface area contributed by atoms with Crippen LogP contribution in [0.2, 0.25) is 0 Å². The van der Waals surface area contributed by atoms with Crippen molar-refractivity contribution in [2.75, 3.05) is 27.9 Å². The highest BCUT2D eigenvalue weighted by molar-refractivity contribution is 6.39. The van der Waals surface area contributed by atoms with Crippen molar-refractivity contribution in [2.24, 2.45) is 35.5 Å². The first-order valence-electron chi connectivity index (χ1n) is 25.0. The molecule has 2 bridgehead atoms. The SMILES string of the molecule is COC1CC(C[C@@H](C)[C@@H]2CC(=O)C(C)/C=C(\C)[C@@H](O)C(OC)C(=O)C(C)C[C@H](C)/C=C/C=C/C=C(\C)[C@@H](OC)C[C@@H]3CCC(C)C(O)(O3)C(=O)C(=O)N3CCCCC3C(=O)O2)CCC1n1ncnn1. The van der Waals surface area contributed by atoms with Gasteiger partial charge in [0.05, 0.1) is 24.4 Å². The number of aliphatic hydroxyl groups excluding tert-OH is 1. The molecule has 17 nitrogen and oxygen atoms in total. The first-order chi connectivity index (χ1) is 32.8. The summed E-state index contributed by atoms with van der Waals surface area (Å²) in [6.45, 7) is 12.8. The first-order valence-corrected chi connectivity index (χ1v) is 25.0. The van der Waals surface area contributed by atoms with E-state index in [1.54, 1.807) is 45.9 Å². The summed E-state index contributed by atoms with van der Waals surface area (Å²) < 4.78 is 29.9. The number of aliphatic hydroxyl groups is 2. The number of fused-ring (bicyclic) bond motifs is 3. The number of amides is 1. The van der Waals surface area contributed by atoms with E-state index in [2.05, 4.69) is 15.4 Å². The topological polar surface area (TPSA) is 219 Å². The zero-order valence-electron chi connectivity index (χ0n) is 42.5. The molecule has 1 aromatic heterocycles. The molecular weight excluding hydrogens is 887 g/mol. The van der Waals surface area contributed by atoms with E-state index < -0.39 is 77.8 Å². The van der Waals surface area contributed by atoms with Crippen LogP contribution in [0.15, 0.2) is 53.9 Å². The van der Waals surface area contributed by atoms with Crippen molar-refractivity contribution in [2.45, 2.75) is 180 Å². The smallest absolute Gasteiger partial charge is 0.329 e. The van der Waals surface area contributed by atoms with Gasteiger partial charge in [-0.1, -0.05) is 71.1 Å². The van der Waals surface area contributed by atoms with Gasteiger partial charge in [-0.05, 0) is 112 Å². The molecule has 1 aliphatic carbocycles. The summed E-state index contributed by atoms with van der Waals surface area (Å²) in [5, 5.41) is 35.7. The van der Waals surface area contributed by atoms with Crippen LogP contribution in [0.1, 0.15) is 132 Å². The molecule has 2 saturated heterocycles. The summed E-state index contributed by atoms with van der Waals surface area (Å²) >= 11 is 0. The Morgan fingerprint density at radius 1 is 0.884 bits per heavy atom. The lowest BCUT2D eigenvalue weighted by Gasteiger charge is -2.42. The lowest BCUT2D eigenvalue weighted by Crippen LogP contribution is -2.61. The van der Waals surface area contributed by atoms with Crippen molar-refractivity contribution in [1.82, 2.24) is 25.1 Å². The molecule has 3 aliphatic heterocycles. The van der Waals surface area contributed by atoms with E-state index in [-0.39, 0.29) is 60.9 Å². The summed E-state index contributed by atoms with van der Waals surface area (Å²) in [5.41, 5.74) is 1.27. The Morgan fingerprint density at radius 2 is 1.64 bits per heavy atom. The van der Waals surface area contributed by atoms with Gasteiger partial charge in [-0.3, -0.25) is 19.2 Å². The summed E-state index contributed by atoms with van der Waals surface area (Å²) in [6.07, 6.45) is 13.7. The number of ether oxygens (including phenoxy) is 5. The minimum absolute atomic E-state index is 0.0168. The van der Waals surface area contributed by atoms with Gasteiger partial charge in [0.25, 0.3) is 11.7 Å². The average molecular weight is 966 g/mol. The predicted octanol–water partition coefficient (Wildman–Crippen LogP) is 6.05. The Balaban J connectivity index is 1.46. The van der Waals surface area contributed by atoms with E-state index in [0.29, 0.717) is 56.9 Å². The second-order valence-corrected chi connectivity index (χ2v) is 20.3. The standard InChI is InChI=1S/C52H79N5O12/c1-31-16-12-11-13-17-32(2)43(65-8)28-39-21-19-37(7)52(64,69-39)49(61)50(62)56-23-15-14-18-41(56)51(63)68-44(34(4)26-38-20-22-40(45(27-38)66-9)57-54-30-53-55-57)29-42(58)33(3)25-36(6)47(60)48(67-10)46(59)35(5)24-31/h11-13,16-17,25,30-31,33-35,37-41,43-45,47-48,60,64H,14-15,18-24,26-29H2,1-10H3/b13-11+,16-12+,32-17+,36-25+/t31-,33?,34-,35?,37?,38?,39+,40?,41?,43+,44+,45?,47-,48?,52?/m1/s1. The number of hydrogen-bond donors (Lipinski definition) is 2. The van der Waals surface area contributed by atoms with Gasteiger partial charge in [-0.25, -0.2) is 4.79 Å². The highest BCUT2D eigenvalue weighted by Gasteiger charge is 2.53. The Labute approximate surface area is 408 Å². The third-order valence-electron chi connectivity index (χ3n) is 15.1. The fourth-order valence-corrected chi connectivity index (χ4v) is 10.7. The average Bonchev–Trinajstić information content (AvgIpc) is 3.88. The number of cyclic esters (lactones) is 1. The zero-order valence-corrected chi connectivity index (χ0v) is 42.5. The van der Waals surface area contributed by atoms with Crippen LogP contribution < -0.4 is 0 Å². The Morgan fingerprint density at radius 3 is 2.32 bits per heavy atom. The monoisotopic (exact) mass is 966 g/mol. The molecule has 4 heterocycles. The minimum Gasteiger partial charge on any atom is -0.460 e. The van der Waals surface area contributed by atoms with Crippen molar-refractivity contribution >= 4 is 29.2 Å². The highest BCUT2D eigenvalue weighted by Crippen LogP contribution is 2.39. The van der Waals surface area contributed by atoms with Crippen LogP contribution in [0.5, 0.6) is 0 Å². The molecule has 17 heteroatoms. The molecule has 4 aliphatic rings. The van der Waals surface area contributed by atoms with E-state index >= 15 is 0 Å². The fourth-order valence-electron chi connectivity index (χ4n) is 10.7. The van der Waals surface area contributed by atoms with Gasteiger partial charge in [0, 0.05) is 58.5 Å². The van der Waals surface area contributed by atoms with Gasteiger partial charge in [0.15, 0.2) is 12.1 Å². The molecule has 5 rings (SSSR count). The number of rotatable bonds is 7. The molecule has 1 amide bonds. The van der Waals surface area contributed by atoms with Crippen LogP contribution in [-0.4, -0.2) is 141 Å². The molecule has 0 spiro atoms. The summed E-state index contributed by atoms with van der Waals surface area (Å²) in [7, 11) is 4.61. The van der Waals surface area contributed by atoms with Crippen LogP contribution in [0.25, 0.3) is 0 Å². The molecule has 69 heavy (non-hydrogen) atoms. The lowest BCUT2D eigenvalue weighted by atomic mass is 9.77. The van der Waals surface area contributed by atoms with E-state index in [9.17, 15) is 34.2 Å². The highest BCUT2D eigenvalue weighted by atomic mass is 16.6. The van der Waals surface area contributed by atoms with Crippen LogP contribution in [-0.2, 0) is 47.7 Å². The number of Topliss-reactive ketones (excluding diaryl/α,β-unsaturated/α-hetero) is 3. The maximum absolute atomic E-state index is 14.5. The molecule has 1 saturated carbocycles. The number of hydrogen-bond acceptors (Lipinski definition) is 15. The number of nitrogens with zero attached hydrogens (tertiary/aromatic N) is 5. The fraction of sp³-hybridized carbons (Fsp3) is 0.731. The Bertz CT molecular complexity index is 2020. The van der Waals surface area contributed by atoms with Crippen LogP contribution in [0.4, 0.5) is 0 Å². The van der Waals surface area contributed by atoms with E-state index in [1.807, 2.05) is 58.1 Å². The number of carbonyl (C=O) groups excluding carboxylic acids is 5. The van der Waals surface area contributed by atoms with Gasteiger partial charge in [-0.2, -0.15) is 4.80 Å². The minimum atomic E-state index is -2.43. The van der Waals surface area contributed by atoms with Crippen molar-refractivity contribution in [3.8, 4) is 0 Å².